The molecule has 1 N–H and O–H groups in total. The van der Waals surface area contributed by atoms with Crippen LogP contribution in [0.1, 0.15) is 42.8 Å². The molecule has 1 aliphatic rings. The summed E-state index contributed by atoms with van der Waals surface area (Å²) in [7, 11) is 1.38. The summed E-state index contributed by atoms with van der Waals surface area (Å²) < 4.78 is 15.4. The maximum Gasteiger partial charge on any atom is 0.338 e. The minimum Gasteiger partial charge on any atom is -0.485 e. The number of nitrogens with zero attached hydrogens (tertiary/aromatic N) is 3. The van der Waals surface area contributed by atoms with Gasteiger partial charge < -0.3 is 19.3 Å². The number of benzene rings is 2. The van der Waals surface area contributed by atoms with Gasteiger partial charge in [-0.3, -0.25) is 19.3 Å². The number of rotatable bonds is 7. The fourth-order valence-electron chi connectivity index (χ4n) is 3.09. The summed E-state index contributed by atoms with van der Waals surface area (Å²) in [6.07, 6.45) is 0. The molecule has 0 bridgehead atoms. The average molecular weight is 450 g/mol. The molecule has 3 aromatic rings. The minimum absolute atomic E-state index is 0.111. The van der Waals surface area contributed by atoms with Crippen molar-refractivity contribution < 1.29 is 33.2 Å². The Balaban J connectivity index is 1.28. The second kappa shape index (κ2) is 8.91. The average Bonchev–Trinajstić information content (AvgIpc) is 3.33. The molecule has 11 nitrogen and oxygen atoms in total. The molecule has 11 heteroatoms. The lowest BCUT2D eigenvalue weighted by atomic mass is 10.1. The third kappa shape index (κ3) is 4.71. The van der Waals surface area contributed by atoms with Gasteiger partial charge in [0, 0.05) is 19.7 Å². The van der Waals surface area contributed by atoms with Crippen molar-refractivity contribution in [1.29, 1.82) is 0 Å². The minimum atomic E-state index is -0.693. The lowest BCUT2D eigenvalue weighted by Crippen LogP contribution is -2.24. The number of carbonyl (C=O) groups excluding carboxylic acids is 4. The topological polar surface area (TPSA) is 141 Å². The summed E-state index contributed by atoms with van der Waals surface area (Å²) in [6, 6.07) is 10.5. The summed E-state index contributed by atoms with van der Waals surface area (Å²) in [5, 5.41) is 6.25. The zero-order valence-corrected chi connectivity index (χ0v) is 17.7. The number of hydrogen-bond acceptors (Lipinski definition) is 9. The Bertz CT molecular complexity index is 1250. The first-order chi connectivity index (χ1) is 15.8. The van der Waals surface area contributed by atoms with Crippen molar-refractivity contribution in [2.24, 2.45) is 0 Å². The van der Waals surface area contributed by atoms with Gasteiger partial charge in [-0.15, -0.1) is 0 Å². The predicted octanol–water partition coefficient (Wildman–Crippen LogP) is 1.98. The molecule has 3 amide bonds. The van der Waals surface area contributed by atoms with Crippen LogP contribution in [-0.2, 0) is 16.1 Å². The fourth-order valence-corrected chi connectivity index (χ4v) is 3.09. The number of nitrogens with one attached hydrogen (secondary N) is 1. The van der Waals surface area contributed by atoms with Gasteiger partial charge in [0.25, 0.3) is 17.7 Å². The molecule has 0 saturated heterocycles. The van der Waals surface area contributed by atoms with Gasteiger partial charge in [0.15, 0.2) is 13.2 Å². The number of fused-ring (bicyclic) bond motifs is 1. The molecular weight excluding hydrogens is 432 g/mol. The maximum absolute atomic E-state index is 12.2. The summed E-state index contributed by atoms with van der Waals surface area (Å²) >= 11 is 0. The standard InChI is InChI=1S/C22H18N4O7/c1-12-23-18(25-33-12)10-31-15-6-3-13(4-7-15)22(30)32-11-19(27)24-14-5-8-16-17(9-14)21(29)26(2)20(16)28/h3-9H,10-11H2,1-2H3,(H,24,27). The second-order valence-electron chi connectivity index (χ2n) is 7.10. The monoisotopic (exact) mass is 450 g/mol. The zero-order chi connectivity index (χ0) is 23.5. The highest BCUT2D eigenvalue weighted by molar-refractivity contribution is 6.21. The number of amides is 3. The SMILES string of the molecule is Cc1nc(COc2ccc(C(=O)OCC(=O)Nc3ccc4c(c3)C(=O)N(C)C4=O)cc2)no1. The van der Waals surface area contributed by atoms with Crippen molar-refractivity contribution in [3.63, 3.8) is 0 Å². The fraction of sp³-hybridized carbons (Fsp3) is 0.182. The van der Waals surface area contributed by atoms with E-state index in [2.05, 4.69) is 15.5 Å². The van der Waals surface area contributed by atoms with E-state index in [1.807, 2.05) is 0 Å². The molecule has 33 heavy (non-hydrogen) atoms. The smallest absolute Gasteiger partial charge is 0.338 e. The van der Waals surface area contributed by atoms with Crippen LogP contribution in [0.15, 0.2) is 47.0 Å². The van der Waals surface area contributed by atoms with E-state index in [1.165, 1.54) is 37.4 Å². The van der Waals surface area contributed by atoms with Crippen molar-refractivity contribution in [3.05, 3.63) is 70.9 Å². The Morgan fingerprint density at radius 1 is 1.06 bits per heavy atom. The lowest BCUT2D eigenvalue weighted by molar-refractivity contribution is -0.119. The van der Waals surface area contributed by atoms with E-state index in [0.717, 1.165) is 4.90 Å². The highest BCUT2D eigenvalue weighted by Gasteiger charge is 2.32. The van der Waals surface area contributed by atoms with Crippen LogP contribution in [0.3, 0.4) is 0 Å². The Morgan fingerprint density at radius 2 is 1.79 bits per heavy atom. The van der Waals surface area contributed by atoms with Gasteiger partial charge in [0.1, 0.15) is 5.75 Å². The van der Waals surface area contributed by atoms with Crippen molar-refractivity contribution in [3.8, 4) is 5.75 Å². The number of ether oxygens (including phenoxy) is 2. The van der Waals surface area contributed by atoms with Crippen molar-refractivity contribution >= 4 is 29.4 Å². The summed E-state index contributed by atoms with van der Waals surface area (Å²) in [5.41, 5.74) is 1.01. The molecule has 1 aromatic heterocycles. The molecule has 0 unspecified atom stereocenters. The highest BCUT2D eigenvalue weighted by atomic mass is 16.5. The van der Waals surface area contributed by atoms with Crippen molar-refractivity contribution in [2.75, 3.05) is 19.0 Å². The first kappa shape index (κ1) is 21.7. The number of hydrogen-bond donors (Lipinski definition) is 1. The lowest BCUT2D eigenvalue weighted by Gasteiger charge is -2.08. The molecule has 168 valence electrons. The van der Waals surface area contributed by atoms with Gasteiger partial charge in [0.05, 0.1) is 16.7 Å². The number of aromatic nitrogens is 2. The first-order valence-electron chi connectivity index (χ1n) is 9.77. The van der Waals surface area contributed by atoms with Crippen LogP contribution >= 0.6 is 0 Å². The first-order valence-corrected chi connectivity index (χ1v) is 9.77. The number of aryl methyl sites for hydroxylation is 1. The maximum atomic E-state index is 12.2. The summed E-state index contributed by atoms with van der Waals surface area (Å²) in [6.45, 7) is 1.25. The molecule has 0 aliphatic carbocycles. The van der Waals surface area contributed by atoms with Gasteiger partial charge in [-0.1, -0.05) is 5.16 Å². The van der Waals surface area contributed by atoms with E-state index in [-0.39, 0.29) is 23.3 Å². The van der Waals surface area contributed by atoms with Crippen LogP contribution < -0.4 is 10.1 Å². The number of anilines is 1. The quantitative estimate of drug-likeness (QED) is 0.422. The van der Waals surface area contributed by atoms with Crippen LogP contribution in [0.2, 0.25) is 0 Å². The van der Waals surface area contributed by atoms with E-state index in [4.69, 9.17) is 14.0 Å². The normalized spacial score (nSPS) is 12.5. The molecule has 0 saturated carbocycles. The molecular formula is C22H18N4O7. The largest absolute Gasteiger partial charge is 0.485 e. The van der Waals surface area contributed by atoms with Crippen molar-refractivity contribution in [2.45, 2.75) is 13.5 Å². The zero-order valence-electron chi connectivity index (χ0n) is 17.7. The molecule has 0 radical (unpaired) electrons. The Kier molecular flexibility index (Phi) is 5.85. The van der Waals surface area contributed by atoms with Crippen LogP contribution in [0, 0.1) is 6.92 Å². The van der Waals surface area contributed by atoms with E-state index in [9.17, 15) is 19.2 Å². The van der Waals surface area contributed by atoms with Crippen LogP contribution in [0.25, 0.3) is 0 Å². The van der Waals surface area contributed by atoms with E-state index >= 15 is 0 Å². The molecule has 0 fully saturated rings. The third-order valence-electron chi connectivity index (χ3n) is 4.74. The van der Waals surface area contributed by atoms with Gasteiger partial charge in [-0.25, -0.2) is 4.79 Å². The Hall–Kier alpha value is -4.54. The third-order valence-corrected chi connectivity index (χ3v) is 4.74. The van der Waals surface area contributed by atoms with Gasteiger partial charge in [0.2, 0.25) is 11.7 Å². The molecule has 2 aromatic carbocycles. The van der Waals surface area contributed by atoms with Crippen molar-refractivity contribution in [1.82, 2.24) is 15.0 Å². The highest BCUT2D eigenvalue weighted by Crippen LogP contribution is 2.24. The summed E-state index contributed by atoms with van der Waals surface area (Å²) in [5.74, 6) is -0.815. The van der Waals surface area contributed by atoms with E-state index < -0.39 is 30.3 Å². The Labute approximate surface area is 187 Å². The van der Waals surface area contributed by atoms with E-state index in [0.29, 0.717) is 23.2 Å². The van der Waals surface area contributed by atoms with Gasteiger partial charge in [-0.2, -0.15) is 4.98 Å². The molecule has 2 heterocycles. The van der Waals surface area contributed by atoms with Crippen LogP contribution in [0.4, 0.5) is 5.69 Å². The summed E-state index contributed by atoms with van der Waals surface area (Å²) in [4.78, 5) is 53.3. The molecule has 0 spiro atoms. The second-order valence-corrected chi connectivity index (χ2v) is 7.10. The van der Waals surface area contributed by atoms with Gasteiger partial charge >= 0.3 is 5.97 Å². The number of carbonyl (C=O) groups is 4. The predicted molar refractivity (Wildman–Crippen MR) is 112 cm³/mol. The van der Waals surface area contributed by atoms with Crippen LogP contribution in [-0.4, -0.2) is 52.4 Å². The molecule has 1 aliphatic heterocycles. The van der Waals surface area contributed by atoms with Crippen LogP contribution in [0.5, 0.6) is 5.75 Å². The number of esters is 1. The molecule has 0 atom stereocenters. The Morgan fingerprint density at radius 3 is 2.48 bits per heavy atom. The molecule has 4 rings (SSSR count). The number of imide groups is 1. The van der Waals surface area contributed by atoms with Gasteiger partial charge in [-0.05, 0) is 42.5 Å². The van der Waals surface area contributed by atoms with E-state index in [1.54, 1.807) is 19.1 Å².